The summed E-state index contributed by atoms with van der Waals surface area (Å²) >= 11 is 1.76. The van der Waals surface area contributed by atoms with E-state index in [9.17, 15) is 0 Å². The van der Waals surface area contributed by atoms with Crippen molar-refractivity contribution in [2.75, 3.05) is 14.2 Å². The molecule has 1 unspecified atom stereocenters. The number of ether oxygens (including phenoxy) is 1. The van der Waals surface area contributed by atoms with Gasteiger partial charge in [-0.3, -0.25) is 4.98 Å². The van der Waals surface area contributed by atoms with E-state index in [-0.39, 0.29) is 6.04 Å². The Balaban J connectivity index is 2.24. The van der Waals surface area contributed by atoms with E-state index in [2.05, 4.69) is 29.1 Å². The molecule has 1 atom stereocenters. The molecule has 19 heavy (non-hydrogen) atoms. The molecule has 0 bridgehead atoms. The molecule has 0 amide bonds. The van der Waals surface area contributed by atoms with E-state index >= 15 is 0 Å². The van der Waals surface area contributed by atoms with Gasteiger partial charge in [-0.2, -0.15) is 0 Å². The van der Waals surface area contributed by atoms with E-state index in [0.717, 1.165) is 28.4 Å². The fourth-order valence-electron chi connectivity index (χ4n) is 2.02. The molecule has 0 fully saturated rings. The van der Waals surface area contributed by atoms with Crippen LogP contribution in [0.3, 0.4) is 0 Å². The van der Waals surface area contributed by atoms with Gasteiger partial charge in [0.1, 0.15) is 5.75 Å². The van der Waals surface area contributed by atoms with Gasteiger partial charge in [-0.05, 0) is 27.0 Å². The number of thiazole rings is 1. The van der Waals surface area contributed by atoms with E-state index < -0.39 is 0 Å². The summed E-state index contributed by atoms with van der Waals surface area (Å²) in [6.45, 7) is 4.16. The van der Waals surface area contributed by atoms with Crippen LogP contribution in [0.5, 0.6) is 5.75 Å². The molecule has 5 heteroatoms. The average molecular weight is 277 g/mol. The van der Waals surface area contributed by atoms with E-state index in [0.29, 0.717) is 0 Å². The van der Waals surface area contributed by atoms with Crippen molar-refractivity contribution in [1.29, 1.82) is 0 Å². The van der Waals surface area contributed by atoms with Crippen molar-refractivity contribution in [3.8, 4) is 5.75 Å². The summed E-state index contributed by atoms with van der Waals surface area (Å²) in [4.78, 5) is 9.98. The molecule has 2 aromatic rings. The fourth-order valence-corrected chi connectivity index (χ4v) is 3.00. The summed E-state index contributed by atoms with van der Waals surface area (Å²) in [6.07, 6.45) is 4.40. The van der Waals surface area contributed by atoms with Gasteiger partial charge in [0.15, 0.2) is 0 Å². The molecule has 0 aromatic carbocycles. The number of hydrogen-bond acceptors (Lipinski definition) is 5. The predicted molar refractivity (Wildman–Crippen MR) is 77.9 cm³/mol. The molecule has 0 saturated carbocycles. The molecule has 2 heterocycles. The minimum atomic E-state index is 0.183. The first-order chi connectivity index (χ1) is 9.15. The second kappa shape index (κ2) is 6.12. The van der Waals surface area contributed by atoms with Crippen LogP contribution in [-0.4, -0.2) is 24.1 Å². The molecule has 2 aromatic heterocycles. The number of aromatic nitrogens is 2. The predicted octanol–water partition coefficient (Wildman–Crippen LogP) is 2.67. The van der Waals surface area contributed by atoms with Gasteiger partial charge in [0.25, 0.3) is 0 Å². The smallest absolute Gasteiger partial charge is 0.141 e. The third-order valence-corrected chi connectivity index (χ3v) is 4.31. The maximum atomic E-state index is 5.38. The summed E-state index contributed by atoms with van der Waals surface area (Å²) in [5.74, 6) is 0.812. The molecule has 0 saturated heterocycles. The average Bonchev–Trinajstić information content (AvgIpc) is 2.75. The van der Waals surface area contributed by atoms with Crippen LogP contribution in [-0.2, 0) is 6.42 Å². The zero-order chi connectivity index (χ0) is 13.8. The summed E-state index contributed by atoms with van der Waals surface area (Å²) in [5.41, 5.74) is 2.24. The second-order valence-corrected chi connectivity index (χ2v) is 5.70. The molecule has 102 valence electrons. The van der Waals surface area contributed by atoms with Crippen LogP contribution in [0.15, 0.2) is 18.5 Å². The van der Waals surface area contributed by atoms with Crippen molar-refractivity contribution in [1.82, 2.24) is 15.3 Å². The highest BCUT2D eigenvalue weighted by Crippen LogP contribution is 2.28. The molecule has 1 N–H and O–H groups in total. The first-order valence-electron chi connectivity index (χ1n) is 6.23. The third-order valence-electron chi connectivity index (χ3n) is 3.21. The third kappa shape index (κ3) is 3.11. The zero-order valence-corrected chi connectivity index (χ0v) is 12.5. The standard InChI is InChI=1S/C14H19N3OS/c1-9-10(2)19-14(17-9)7-12(15-3)11-5-6-16-8-13(11)18-4/h5-6,8,12,15H,7H2,1-4H3. The maximum Gasteiger partial charge on any atom is 0.141 e. The minimum absolute atomic E-state index is 0.183. The monoisotopic (exact) mass is 277 g/mol. The summed E-state index contributed by atoms with van der Waals surface area (Å²) in [6, 6.07) is 2.18. The lowest BCUT2D eigenvalue weighted by Crippen LogP contribution is -2.19. The number of rotatable bonds is 5. The van der Waals surface area contributed by atoms with Crippen LogP contribution in [0, 0.1) is 13.8 Å². The van der Waals surface area contributed by atoms with E-state index in [1.807, 2.05) is 13.1 Å². The Bertz CT molecular complexity index is 534. The number of aryl methyl sites for hydroxylation is 2. The van der Waals surface area contributed by atoms with E-state index in [4.69, 9.17) is 4.74 Å². The van der Waals surface area contributed by atoms with Crippen molar-refractivity contribution in [3.05, 3.63) is 39.6 Å². The van der Waals surface area contributed by atoms with Crippen molar-refractivity contribution >= 4 is 11.3 Å². The van der Waals surface area contributed by atoms with Crippen molar-refractivity contribution < 1.29 is 4.74 Å². The Hall–Kier alpha value is -1.46. The van der Waals surface area contributed by atoms with Crippen molar-refractivity contribution in [2.24, 2.45) is 0 Å². The lowest BCUT2D eigenvalue weighted by Gasteiger charge is -2.17. The van der Waals surface area contributed by atoms with Gasteiger partial charge < -0.3 is 10.1 Å². The quantitative estimate of drug-likeness (QED) is 0.912. The number of nitrogens with zero attached hydrogens (tertiary/aromatic N) is 2. The first kappa shape index (κ1) is 14.0. The van der Waals surface area contributed by atoms with Crippen molar-refractivity contribution in [3.63, 3.8) is 0 Å². The van der Waals surface area contributed by atoms with Gasteiger partial charge in [0.2, 0.25) is 0 Å². The fraction of sp³-hybridized carbons (Fsp3) is 0.429. The molecule has 0 aliphatic carbocycles. The van der Waals surface area contributed by atoms with Gasteiger partial charge in [-0.15, -0.1) is 11.3 Å². The molecule has 0 aliphatic heterocycles. The molecular formula is C14H19N3OS. The Labute approximate surface area is 117 Å². The molecule has 0 aliphatic rings. The van der Waals surface area contributed by atoms with E-state index in [1.165, 1.54) is 4.88 Å². The molecule has 0 spiro atoms. The van der Waals surface area contributed by atoms with Gasteiger partial charge in [-0.25, -0.2) is 4.98 Å². The number of methoxy groups -OCH3 is 1. The van der Waals surface area contributed by atoms with Crippen LogP contribution in [0.4, 0.5) is 0 Å². The van der Waals surface area contributed by atoms with Crippen LogP contribution in [0.1, 0.15) is 27.2 Å². The van der Waals surface area contributed by atoms with Gasteiger partial charge in [-0.1, -0.05) is 0 Å². The SMILES string of the molecule is CNC(Cc1nc(C)c(C)s1)c1ccncc1OC. The van der Waals surface area contributed by atoms with Gasteiger partial charge >= 0.3 is 0 Å². The normalized spacial score (nSPS) is 12.4. The Morgan fingerprint density at radius 3 is 2.79 bits per heavy atom. The highest BCUT2D eigenvalue weighted by molar-refractivity contribution is 7.11. The zero-order valence-electron chi connectivity index (χ0n) is 11.7. The van der Waals surface area contributed by atoms with Crippen LogP contribution >= 0.6 is 11.3 Å². The Kier molecular flexibility index (Phi) is 4.50. The summed E-state index contributed by atoms with van der Waals surface area (Å²) in [5, 5.41) is 4.48. The number of likely N-dealkylation sites (N-methyl/N-ethyl adjacent to an activating group) is 1. The highest BCUT2D eigenvalue weighted by Gasteiger charge is 2.17. The molecular weight excluding hydrogens is 258 g/mol. The number of pyridine rings is 1. The van der Waals surface area contributed by atoms with Crippen LogP contribution in [0.2, 0.25) is 0 Å². The largest absolute Gasteiger partial charge is 0.495 e. The first-order valence-corrected chi connectivity index (χ1v) is 7.05. The Morgan fingerprint density at radius 1 is 1.42 bits per heavy atom. The summed E-state index contributed by atoms with van der Waals surface area (Å²) in [7, 11) is 3.63. The minimum Gasteiger partial charge on any atom is -0.495 e. The number of hydrogen-bond donors (Lipinski definition) is 1. The van der Waals surface area contributed by atoms with Crippen molar-refractivity contribution in [2.45, 2.75) is 26.3 Å². The lowest BCUT2D eigenvalue weighted by atomic mass is 10.0. The molecule has 2 rings (SSSR count). The molecule has 4 nitrogen and oxygen atoms in total. The van der Waals surface area contributed by atoms with Crippen LogP contribution < -0.4 is 10.1 Å². The van der Waals surface area contributed by atoms with Crippen LogP contribution in [0.25, 0.3) is 0 Å². The highest BCUT2D eigenvalue weighted by atomic mass is 32.1. The summed E-state index contributed by atoms with van der Waals surface area (Å²) < 4.78 is 5.38. The molecule has 0 radical (unpaired) electrons. The number of nitrogens with one attached hydrogen (secondary N) is 1. The Morgan fingerprint density at radius 2 is 2.21 bits per heavy atom. The maximum absolute atomic E-state index is 5.38. The van der Waals surface area contributed by atoms with Gasteiger partial charge in [0.05, 0.1) is 24.0 Å². The second-order valence-electron chi connectivity index (χ2n) is 4.41. The topological polar surface area (TPSA) is 47.0 Å². The lowest BCUT2D eigenvalue weighted by molar-refractivity contribution is 0.399. The van der Waals surface area contributed by atoms with E-state index in [1.54, 1.807) is 30.8 Å². The van der Waals surface area contributed by atoms with Gasteiger partial charge in [0, 0.05) is 29.1 Å².